The molecule has 8 heteroatoms. The number of likely N-dealkylation sites (tertiary alicyclic amines) is 1. The van der Waals surface area contributed by atoms with E-state index >= 15 is 0 Å². The van der Waals surface area contributed by atoms with Crippen molar-refractivity contribution in [3.63, 3.8) is 0 Å². The maximum Gasteiger partial charge on any atom is 0.259 e. The lowest BCUT2D eigenvalue weighted by molar-refractivity contribution is -0.118. The molecule has 0 spiro atoms. The molecule has 2 atom stereocenters. The fourth-order valence-electron chi connectivity index (χ4n) is 4.45. The Bertz CT molecular complexity index is 973. The summed E-state index contributed by atoms with van der Waals surface area (Å²) in [4.78, 5) is 27.5. The summed E-state index contributed by atoms with van der Waals surface area (Å²) in [6.07, 6.45) is 6.74. The Balaban J connectivity index is 1.43. The molecule has 1 aromatic carbocycles. The van der Waals surface area contributed by atoms with Crippen LogP contribution in [0.4, 0.5) is 15.8 Å². The molecule has 0 bridgehead atoms. The Morgan fingerprint density at radius 2 is 2.00 bits per heavy atom. The minimum absolute atomic E-state index is 0.0398. The molecule has 0 radical (unpaired) electrons. The maximum absolute atomic E-state index is 14.4. The van der Waals surface area contributed by atoms with Gasteiger partial charge in [-0.05, 0) is 63.3 Å². The van der Waals surface area contributed by atoms with Gasteiger partial charge < -0.3 is 10.6 Å². The van der Waals surface area contributed by atoms with E-state index in [-0.39, 0.29) is 17.5 Å². The predicted molar refractivity (Wildman–Crippen MR) is 118 cm³/mol. The molecule has 1 aromatic heterocycles. The van der Waals surface area contributed by atoms with E-state index in [4.69, 9.17) is 0 Å². The van der Waals surface area contributed by atoms with Gasteiger partial charge in [0.1, 0.15) is 5.82 Å². The first-order valence-corrected chi connectivity index (χ1v) is 11.1. The maximum atomic E-state index is 14.4. The van der Waals surface area contributed by atoms with Crippen molar-refractivity contribution in [2.75, 3.05) is 23.7 Å². The van der Waals surface area contributed by atoms with Crippen molar-refractivity contribution >= 4 is 23.2 Å². The van der Waals surface area contributed by atoms with Gasteiger partial charge in [0.25, 0.3) is 5.91 Å². The van der Waals surface area contributed by atoms with Crippen molar-refractivity contribution < 1.29 is 14.0 Å². The largest absolute Gasteiger partial charge is 0.325 e. The number of fused-ring (bicyclic) bond motifs is 1. The SMILES string of the molecule is CC1CCn2ncc(C(=O)Nc3cc(NC(=O)CN4CCCCC4C)ccc3F)c2C1. The first-order chi connectivity index (χ1) is 14.9. The summed E-state index contributed by atoms with van der Waals surface area (Å²) < 4.78 is 16.2. The van der Waals surface area contributed by atoms with Crippen LogP contribution in [0.3, 0.4) is 0 Å². The zero-order valence-electron chi connectivity index (χ0n) is 18.2. The average molecular weight is 428 g/mol. The molecule has 2 aliphatic rings. The molecule has 0 aliphatic carbocycles. The summed E-state index contributed by atoms with van der Waals surface area (Å²) in [5.41, 5.74) is 1.85. The van der Waals surface area contributed by atoms with Crippen LogP contribution in [0.15, 0.2) is 24.4 Å². The second kappa shape index (κ2) is 9.18. The highest BCUT2D eigenvalue weighted by molar-refractivity contribution is 6.05. The second-order valence-corrected chi connectivity index (χ2v) is 8.84. The van der Waals surface area contributed by atoms with Gasteiger partial charge in [-0.15, -0.1) is 0 Å². The first-order valence-electron chi connectivity index (χ1n) is 11.1. The summed E-state index contributed by atoms with van der Waals surface area (Å²) in [5.74, 6) is -0.601. The van der Waals surface area contributed by atoms with Crippen LogP contribution in [0.25, 0.3) is 0 Å². The van der Waals surface area contributed by atoms with Gasteiger partial charge in [-0.2, -0.15) is 5.10 Å². The van der Waals surface area contributed by atoms with Gasteiger partial charge in [-0.3, -0.25) is 19.2 Å². The number of aryl methyl sites for hydroxylation is 1. The zero-order chi connectivity index (χ0) is 22.0. The number of nitrogens with zero attached hydrogens (tertiary/aromatic N) is 3. The molecule has 2 aromatic rings. The lowest BCUT2D eigenvalue weighted by Gasteiger charge is -2.32. The number of aromatic nitrogens is 2. The van der Waals surface area contributed by atoms with Crippen LogP contribution in [0, 0.1) is 11.7 Å². The molecule has 166 valence electrons. The van der Waals surface area contributed by atoms with Crippen molar-refractivity contribution in [2.24, 2.45) is 5.92 Å². The van der Waals surface area contributed by atoms with Crippen LogP contribution in [-0.2, 0) is 17.8 Å². The van der Waals surface area contributed by atoms with Crippen LogP contribution in [0.2, 0.25) is 0 Å². The topological polar surface area (TPSA) is 79.3 Å². The molecule has 2 aliphatic heterocycles. The molecule has 2 N–H and O–H groups in total. The summed E-state index contributed by atoms with van der Waals surface area (Å²) in [6.45, 7) is 6.28. The van der Waals surface area contributed by atoms with Crippen molar-refractivity contribution in [3.8, 4) is 0 Å². The zero-order valence-corrected chi connectivity index (χ0v) is 18.2. The van der Waals surface area contributed by atoms with E-state index in [9.17, 15) is 14.0 Å². The van der Waals surface area contributed by atoms with Crippen molar-refractivity contribution in [1.82, 2.24) is 14.7 Å². The predicted octanol–water partition coefficient (Wildman–Crippen LogP) is 3.67. The number of hydrogen-bond donors (Lipinski definition) is 2. The van der Waals surface area contributed by atoms with E-state index < -0.39 is 5.82 Å². The molecule has 0 saturated carbocycles. The molecule has 1 saturated heterocycles. The van der Waals surface area contributed by atoms with Crippen molar-refractivity contribution in [2.45, 2.75) is 58.5 Å². The van der Waals surface area contributed by atoms with E-state index in [0.717, 1.165) is 44.5 Å². The molecule has 7 nitrogen and oxygen atoms in total. The Morgan fingerprint density at radius 3 is 2.81 bits per heavy atom. The first kappa shape index (κ1) is 21.5. The Kier molecular flexibility index (Phi) is 6.36. The van der Waals surface area contributed by atoms with E-state index in [2.05, 4.69) is 34.5 Å². The van der Waals surface area contributed by atoms with Crippen molar-refractivity contribution in [1.29, 1.82) is 0 Å². The van der Waals surface area contributed by atoms with E-state index in [0.29, 0.717) is 29.8 Å². The number of nitrogens with one attached hydrogen (secondary N) is 2. The number of carbonyl (C=O) groups excluding carboxylic acids is 2. The Labute approximate surface area is 182 Å². The highest BCUT2D eigenvalue weighted by Gasteiger charge is 2.24. The van der Waals surface area contributed by atoms with Crippen LogP contribution in [-0.4, -0.2) is 45.6 Å². The van der Waals surface area contributed by atoms with Crippen LogP contribution in [0.5, 0.6) is 0 Å². The van der Waals surface area contributed by atoms with Crippen LogP contribution < -0.4 is 10.6 Å². The number of benzene rings is 1. The summed E-state index contributed by atoms with van der Waals surface area (Å²) in [5, 5.41) is 9.77. The number of rotatable bonds is 5. The number of hydrogen-bond acceptors (Lipinski definition) is 4. The van der Waals surface area contributed by atoms with Gasteiger partial charge >= 0.3 is 0 Å². The third-order valence-electron chi connectivity index (χ3n) is 6.35. The number of amides is 2. The quantitative estimate of drug-likeness (QED) is 0.763. The molecule has 31 heavy (non-hydrogen) atoms. The molecule has 4 rings (SSSR count). The normalized spacial score (nSPS) is 21.4. The molecule has 2 amide bonds. The Hall–Kier alpha value is -2.74. The number of anilines is 2. The summed E-state index contributed by atoms with van der Waals surface area (Å²) >= 11 is 0. The van der Waals surface area contributed by atoms with Gasteiger partial charge in [-0.25, -0.2) is 4.39 Å². The molecular weight excluding hydrogens is 397 g/mol. The minimum atomic E-state index is -0.551. The van der Waals surface area contributed by atoms with Gasteiger partial charge in [0.15, 0.2) is 0 Å². The van der Waals surface area contributed by atoms with E-state index in [1.807, 2.05) is 4.68 Å². The highest BCUT2D eigenvalue weighted by atomic mass is 19.1. The molecule has 1 fully saturated rings. The van der Waals surface area contributed by atoms with Crippen LogP contribution >= 0.6 is 0 Å². The average Bonchev–Trinajstić information content (AvgIpc) is 3.15. The van der Waals surface area contributed by atoms with Gasteiger partial charge in [-0.1, -0.05) is 13.3 Å². The second-order valence-electron chi connectivity index (χ2n) is 8.84. The third kappa shape index (κ3) is 4.95. The summed E-state index contributed by atoms with van der Waals surface area (Å²) in [6, 6.07) is 4.60. The smallest absolute Gasteiger partial charge is 0.259 e. The van der Waals surface area contributed by atoms with E-state index in [1.165, 1.54) is 24.6 Å². The van der Waals surface area contributed by atoms with E-state index in [1.54, 1.807) is 6.20 Å². The number of carbonyl (C=O) groups is 2. The van der Waals surface area contributed by atoms with Gasteiger partial charge in [0.05, 0.1) is 29.7 Å². The van der Waals surface area contributed by atoms with Crippen LogP contribution in [0.1, 0.15) is 55.6 Å². The lowest BCUT2D eigenvalue weighted by atomic mass is 9.96. The fraction of sp³-hybridized carbons (Fsp3) is 0.522. The standard InChI is InChI=1S/C23H30FN5O2/c1-15-8-10-29-21(11-15)18(13-25-29)23(31)27-20-12-17(6-7-19(20)24)26-22(30)14-28-9-4-3-5-16(28)2/h6-7,12-13,15-16H,3-5,8-11,14H2,1-2H3,(H,26,30)(H,27,31). The minimum Gasteiger partial charge on any atom is -0.325 e. The van der Waals surface area contributed by atoms with Crippen molar-refractivity contribution in [3.05, 3.63) is 41.5 Å². The highest BCUT2D eigenvalue weighted by Crippen LogP contribution is 2.25. The number of piperidine rings is 1. The lowest BCUT2D eigenvalue weighted by Crippen LogP contribution is -2.42. The molecular formula is C23H30FN5O2. The molecule has 3 heterocycles. The summed E-state index contributed by atoms with van der Waals surface area (Å²) in [7, 11) is 0. The van der Waals surface area contributed by atoms with Gasteiger partial charge in [0, 0.05) is 18.3 Å². The van der Waals surface area contributed by atoms with Gasteiger partial charge in [0.2, 0.25) is 5.91 Å². The fourth-order valence-corrected chi connectivity index (χ4v) is 4.45. The number of halogens is 1. The molecule has 2 unspecified atom stereocenters. The monoisotopic (exact) mass is 427 g/mol. The Morgan fingerprint density at radius 1 is 1.16 bits per heavy atom. The third-order valence-corrected chi connectivity index (χ3v) is 6.35.